The van der Waals surface area contributed by atoms with E-state index >= 15 is 0 Å². The number of benzene rings is 1. The van der Waals surface area contributed by atoms with E-state index in [0.717, 1.165) is 14.9 Å². The molecular weight excluding hydrogens is 354 g/mol. The van der Waals surface area contributed by atoms with Gasteiger partial charge >= 0.3 is 5.97 Å². The summed E-state index contributed by atoms with van der Waals surface area (Å²) in [7, 11) is 0. The van der Waals surface area contributed by atoms with Crippen LogP contribution in [0.15, 0.2) is 34.8 Å². The molecule has 0 fully saturated rings. The Morgan fingerprint density at radius 1 is 1.24 bits per heavy atom. The molecule has 0 saturated heterocycles. The largest absolute Gasteiger partial charge is 0.451 e. The lowest BCUT2D eigenvalue weighted by molar-refractivity contribution is -0.119. The highest BCUT2D eigenvalue weighted by Gasteiger charge is 2.12. The van der Waals surface area contributed by atoms with Crippen LogP contribution in [0.25, 0.3) is 0 Å². The van der Waals surface area contributed by atoms with E-state index in [1.54, 1.807) is 18.2 Å². The summed E-state index contributed by atoms with van der Waals surface area (Å²) in [5.74, 6) is -0.847. The Bertz CT molecular complexity index is 681. The molecule has 1 N–H and O–H groups in total. The van der Waals surface area contributed by atoms with E-state index in [2.05, 4.69) is 21.2 Å². The highest BCUT2D eigenvalue weighted by molar-refractivity contribution is 9.10. The number of ether oxygens (including phenoxy) is 1. The van der Waals surface area contributed by atoms with E-state index < -0.39 is 5.97 Å². The van der Waals surface area contributed by atoms with E-state index in [0.29, 0.717) is 10.6 Å². The molecule has 1 aromatic carbocycles. The number of aryl methyl sites for hydroxylation is 2. The number of thiophene rings is 1. The molecule has 0 radical (unpaired) electrons. The summed E-state index contributed by atoms with van der Waals surface area (Å²) in [5.41, 5.74) is 1.73. The van der Waals surface area contributed by atoms with Crippen LogP contribution >= 0.6 is 27.3 Å². The molecule has 1 heterocycles. The third kappa shape index (κ3) is 4.41. The van der Waals surface area contributed by atoms with Crippen molar-refractivity contribution in [3.63, 3.8) is 0 Å². The SMILES string of the molecule is Cc1ccc(C(=O)OCC(=O)Nc2ccc(C)c(Br)c2)s1. The summed E-state index contributed by atoms with van der Waals surface area (Å²) in [6.45, 7) is 3.56. The van der Waals surface area contributed by atoms with E-state index in [-0.39, 0.29) is 12.5 Å². The van der Waals surface area contributed by atoms with Gasteiger partial charge < -0.3 is 10.1 Å². The number of carbonyl (C=O) groups is 2. The molecule has 0 bridgehead atoms. The summed E-state index contributed by atoms with van der Waals surface area (Å²) in [5, 5.41) is 2.68. The Balaban J connectivity index is 1.87. The van der Waals surface area contributed by atoms with Gasteiger partial charge in [0.25, 0.3) is 5.91 Å². The third-order valence-corrected chi connectivity index (χ3v) is 4.57. The van der Waals surface area contributed by atoms with E-state index in [1.165, 1.54) is 11.3 Å². The molecule has 0 spiro atoms. The first-order valence-corrected chi connectivity index (χ1v) is 7.86. The second-order valence-corrected chi connectivity index (χ2v) is 6.64. The Labute approximate surface area is 135 Å². The van der Waals surface area contributed by atoms with Gasteiger partial charge in [0, 0.05) is 15.0 Å². The second-order valence-electron chi connectivity index (χ2n) is 4.50. The fraction of sp³-hybridized carbons (Fsp3) is 0.200. The van der Waals surface area contributed by atoms with Gasteiger partial charge in [-0.2, -0.15) is 0 Å². The Kier molecular flexibility index (Phi) is 5.14. The number of amides is 1. The first-order valence-electron chi connectivity index (χ1n) is 6.25. The zero-order valence-electron chi connectivity index (χ0n) is 11.6. The highest BCUT2D eigenvalue weighted by atomic mass is 79.9. The molecule has 2 aromatic rings. The molecule has 2 rings (SSSR count). The van der Waals surface area contributed by atoms with Gasteiger partial charge in [-0.3, -0.25) is 4.79 Å². The molecule has 1 amide bonds. The molecule has 0 unspecified atom stereocenters. The van der Waals surface area contributed by atoms with E-state index in [4.69, 9.17) is 4.74 Å². The smallest absolute Gasteiger partial charge is 0.348 e. The van der Waals surface area contributed by atoms with Crippen LogP contribution in [0.4, 0.5) is 5.69 Å². The fourth-order valence-corrected chi connectivity index (χ4v) is 2.75. The maximum absolute atomic E-state index is 11.7. The van der Waals surface area contributed by atoms with Crippen LogP contribution in [0.5, 0.6) is 0 Å². The Hall–Kier alpha value is -1.66. The minimum Gasteiger partial charge on any atom is -0.451 e. The van der Waals surface area contributed by atoms with Crippen LogP contribution in [-0.2, 0) is 9.53 Å². The zero-order valence-corrected chi connectivity index (χ0v) is 14.0. The molecule has 1 aromatic heterocycles. The van der Waals surface area contributed by atoms with Crippen molar-refractivity contribution in [2.24, 2.45) is 0 Å². The second kappa shape index (κ2) is 6.87. The lowest BCUT2D eigenvalue weighted by atomic mass is 10.2. The molecule has 21 heavy (non-hydrogen) atoms. The normalized spacial score (nSPS) is 10.2. The maximum atomic E-state index is 11.7. The molecule has 0 aliphatic rings. The number of esters is 1. The number of hydrogen-bond donors (Lipinski definition) is 1. The number of halogens is 1. The molecule has 4 nitrogen and oxygen atoms in total. The van der Waals surface area contributed by atoms with Crippen LogP contribution in [-0.4, -0.2) is 18.5 Å². The summed E-state index contributed by atoms with van der Waals surface area (Å²) >= 11 is 4.74. The number of carbonyl (C=O) groups excluding carboxylic acids is 2. The molecular formula is C15H14BrNO3S. The molecule has 110 valence electrons. The quantitative estimate of drug-likeness (QED) is 0.833. The maximum Gasteiger partial charge on any atom is 0.348 e. The molecule has 0 atom stereocenters. The van der Waals surface area contributed by atoms with Crippen molar-refractivity contribution in [1.82, 2.24) is 0 Å². The summed E-state index contributed by atoms with van der Waals surface area (Å²) in [4.78, 5) is 25.0. The molecule has 6 heteroatoms. The average molecular weight is 368 g/mol. The van der Waals surface area contributed by atoms with Gasteiger partial charge in [0.05, 0.1) is 0 Å². The number of rotatable bonds is 4. The van der Waals surface area contributed by atoms with Gasteiger partial charge in [0.15, 0.2) is 6.61 Å². The minimum atomic E-state index is -0.478. The Morgan fingerprint density at radius 2 is 2.00 bits per heavy atom. The predicted octanol–water partition coefficient (Wildman–Crippen LogP) is 3.92. The van der Waals surface area contributed by atoms with Crippen molar-refractivity contribution in [2.45, 2.75) is 13.8 Å². The molecule has 0 aliphatic carbocycles. The number of nitrogens with one attached hydrogen (secondary N) is 1. The molecule has 0 aliphatic heterocycles. The average Bonchev–Trinajstić information content (AvgIpc) is 2.87. The summed E-state index contributed by atoms with van der Waals surface area (Å²) < 4.78 is 5.89. The minimum absolute atomic E-state index is 0.304. The van der Waals surface area contributed by atoms with Crippen molar-refractivity contribution in [3.05, 3.63) is 50.1 Å². The van der Waals surface area contributed by atoms with Crippen LogP contribution in [0.1, 0.15) is 20.1 Å². The number of anilines is 1. The number of hydrogen-bond acceptors (Lipinski definition) is 4. The van der Waals surface area contributed by atoms with Crippen molar-refractivity contribution in [3.8, 4) is 0 Å². The summed E-state index contributed by atoms with van der Waals surface area (Å²) in [6.07, 6.45) is 0. The fourth-order valence-electron chi connectivity index (χ4n) is 1.61. The van der Waals surface area contributed by atoms with Crippen molar-refractivity contribution in [2.75, 3.05) is 11.9 Å². The first kappa shape index (κ1) is 15.7. The van der Waals surface area contributed by atoms with Crippen molar-refractivity contribution >= 4 is 44.8 Å². The highest BCUT2D eigenvalue weighted by Crippen LogP contribution is 2.20. The van der Waals surface area contributed by atoms with Gasteiger partial charge in [-0.25, -0.2) is 4.79 Å². The van der Waals surface area contributed by atoms with Crippen LogP contribution in [0, 0.1) is 13.8 Å². The van der Waals surface area contributed by atoms with Crippen LogP contribution in [0.2, 0.25) is 0 Å². The topological polar surface area (TPSA) is 55.4 Å². The zero-order chi connectivity index (χ0) is 15.4. The lowest BCUT2D eigenvalue weighted by Gasteiger charge is -2.07. The van der Waals surface area contributed by atoms with Crippen LogP contribution < -0.4 is 5.32 Å². The third-order valence-electron chi connectivity index (χ3n) is 2.73. The van der Waals surface area contributed by atoms with Gasteiger partial charge in [-0.05, 0) is 43.7 Å². The van der Waals surface area contributed by atoms with Gasteiger partial charge in [-0.1, -0.05) is 22.0 Å². The van der Waals surface area contributed by atoms with Crippen molar-refractivity contribution < 1.29 is 14.3 Å². The Morgan fingerprint density at radius 3 is 2.62 bits per heavy atom. The van der Waals surface area contributed by atoms with Crippen molar-refractivity contribution in [1.29, 1.82) is 0 Å². The summed E-state index contributed by atoms with van der Waals surface area (Å²) in [6, 6.07) is 9.02. The monoisotopic (exact) mass is 367 g/mol. The first-order chi connectivity index (χ1) is 9.95. The van der Waals surface area contributed by atoms with Gasteiger partial charge in [0.2, 0.25) is 0 Å². The predicted molar refractivity (Wildman–Crippen MR) is 86.8 cm³/mol. The van der Waals surface area contributed by atoms with Gasteiger partial charge in [0.1, 0.15) is 4.88 Å². The molecule has 0 saturated carbocycles. The van der Waals surface area contributed by atoms with E-state index in [1.807, 2.05) is 26.0 Å². The van der Waals surface area contributed by atoms with E-state index in [9.17, 15) is 9.59 Å². The standard InChI is InChI=1S/C15H14BrNO3S/c1-9-3-5-11(7-12(9)16)17-14(18)8-20-15(19)13-6-4-10(2)21-13/h3-7H,8H2,1-2H3,(H,17,18). The lowest BCUT2D eigenvalue weighted by Crippen LogP contribution is -2.20. The van der Waals surface area contributed by atoms with Gasteiger partial charge in [-0.15, -0.1) is 11.3 Å². The van der Waals surface area contributed by atoms with Crippen LogP contribution in [0.3, 0.4) is 0 Å².